The van der Waals surface area contributed by atoms with Crippen LogP contribution in [0, 0.1) is 5.82 Å². The number of alkyl halides is 3. The normalized spacial score (nSPS) is 19.4. The number of halogens is 4. The molecular weight excluding hydrogens is 518 g/mol. The number of nitrogens with one attached hydrogen (secondary N) is 3. The van der Waals surface area contributed by atoms with Crippen molar-refractivity contribution in [2.24, 2.45) is 0 Å². The maximum absolute atomic E-state index is 15.1. The molecule has 1 aliphatic heterocycles. The lowest BCUT2D eigenvalue weighted by Crippen LogP contribution is -2.53. The van der Waals surface area contributed by atoms with Crippen molar-refractivity contribution in [2.75, 3.05) is 29.6 Å². The first-order valence-electron chi connectivity index (χ1n) is 11.4. The monoisotopic (exact) mass is 543 g/mol. The summed E-state index contributed by atoms with van der Waals surface area (Å²) < 4.78 is 78.4. The van der Waals surface area contributed by atoms with Gasteiger partial charge in [0.15, 0.2) is 0 Å². The Morgan fingerprint density at radius 2 is 1.95 bits per heavy atom. The van der Waals surface area contributed by atoms with Crippen LogP contribution in [-0.2, 0) is 26.4 Å². The Morgan fingerprint density at radius 1 is 1.22 bits per heavy atom. The maximum Gasteiger partial charge on any atom is 0.417 e. The first kappa shape index (κ1) is 26.8. The topological polar surface area (TPSA) is 120 Å². The number of amides is 3. The second-order valence-corrected chi connectivity index (χ2v) is 11.1. The van der Waals surface area contributed by atoms with Crippen LogP contribution in [0.15, 0.2) is 36.5 Å². The van der Waals surface area contributed by atoms with E-state index in [4.69, 9.17) is 0 Å². The quantitative estimate of drug-likeness (QED) is 0.464. The van der Waals surface area contributed by atoms with E-state index < -0.39 is 51.0 Å². The highest BCUT2D eigenvalue weighted by Gasteiger charge is 2.46. The molecule has 2 heterocycles. The fourth-order valence-corrected chi connectivity index (χ4v) is 4.81. The van der Waals surface area contributed by atoms with Crippen molar-refractivity contribution in [2.45, 2.75) is 43.3 Å². The number of urea groups is 1. The second-order valence-electron chi connectivity index (χ2n) is 9.25. The molecule has 1 atom stereocenters. The SMILES string of the molecule is CS(=O)(=O)NCC1(c2ccc(N3CCCC(NC(=O)Nc4ccc(C(F)(F)F)cn4)C3=O)cc2F)CC1. The number of pyridine rings is 1. The van der Waals surface area contributed by atoms with Crippen molar-refractivity contribution < 1.29 is 35.6 Å². The summed E-state index contributed by atoms with van der Waals surface area (Å²) >= 11 is 0. The van der Waals surface area contributed by atoms with Gasteiger partial charge in [-0.05, 0) is 55.5 Å². The van der Waals surface area contributed by atoms with Gasteiger partial charge in [0.1, 0.15) is 17.7 Å². The zero-order valence-electron chi connectivity index (χ0n) is 19.7. The number of hydrogen-bond donors (Lipinski definition) is 3. The van der Waals surface area contributed by atoms with E-state index in [2.05, 4.69) is 20.3 Å². The molecule has 200 valence electrons. The number of carbonyl (C=O) groups excluding carboxylic acids is 2. The molecule has 1 aromatic heterocycles. The maximum atomic E-state index is 15.1. The molecule has 0 bridgehead atoms. The number of hydrogen-bond acceptors (Lipinski definition) is 5. The zero-order chi connectivity index (χ0) is 27.0. The van der Waals surface area contributed by atoms with Gasteiger partial charge in [-0.15, -0.1) is 0 Å². The zero-order valence-corrected chi connectivity index (χ0v) is 20.5. The molecule has 1 saturated heterocycles. The number of benzene rings is 1. The second kappa shape index (κ2) is 9.89. The molecule has 2 aliphatic rings. The third-order valence-electron chi connectivity index (χ3n) is 6.44. The molecule has 1 unspecified atom stereocenters. The van der Waals surface area contributed by atoms with Crippen LogP contribution in [0.5, 0.6) is 0 Å². The fraction of sp³-hybridized carbons (Fsp3) is 0.435. The minimum atomic E-state index is -4.56. The highest BCUT2D eigenvalue weighted by molar-refractivity contribution is 7.88. The Bertz CT molecular complexity index is 1300. The molecule has 0 spiro atoms. The van der Waals surface area contributed by atoms with Gasteiger partial charge in [0.05, 0.1) is 11.8 Å². The molecule has 2 aromatic rings. The Labute approximate surface area is 210 Å². The van der Waals surface area contributed by atoms with Crippen molar-refractivity contribution in [3.8, 4) is 0 Å². The van der Waals surface area contributed by atoms with E-state index in [0.29, 0.717) is 49.7 Å². The van der Waals surface area contributed by atoms with Crippen LogP contribution >= 0.6 is 0 Å². The number of anilines is 2. The summed E-state index contributed by atoms with van der Waals surface area (Å²) in [5.74, 6) is -1.14. The molecule has 9 nitrogen and oxygen atoms in total. The molecule has 1 aliphatic carbocycles. The van der Waals surface area contributed by atoms with Crippen molar-refractivity contribution in [1.82, 2.24) is 15.0 Å². The van der Waals surface area contributed by atoms with Gasteiger partial charge in [0.2, 0.25) is 15.9 Å². The molecule has 0 radical (unpaired) electrons. The van der Waals surface area contributed by atoms with Crippen molar-refractivity contribution in [1.29, 1.82) is 0 Å². The highest BCUT2D eigenvalue weighted by Crippen LogP contribution is 2.49. The highest BCUT2D eigenvalue weighted by atomic mass is 32.2. The summed E-state index contributed by atoms with van der Waals surface area (Å²) in [6.45, 7) is 0.387. The number of rotatable bonds is 7. The predicted molar refractivity (Wildman–Crippen MR) is 127 cm³/mol. The molecule has 37 heavy (non-hydrogen) atoms. The summed E-state index contributed by atoms with van der Waals surface area (Å²) in [7, 11) is -3.43. The lowest BCUT2D eigenvalue weighted by Gasteiger charge is -2.33. The lowest BCUT2D eigenvalue weighted by molar-refractivity contribution is -0.137. The van der Waals surface area contributed by atoms with Crippen LogP contribution in [0.4, 0.5) is 33.9 Å². The average molecular weight is 544 g/mol. The standard InChI is InChI=1S/C23H25F4N5O4S/c1-37(35,36)29-13-22(8-9-22)16-6-5-15(11-17(16)24)32-10-2-3-18(20(32)33)30-21(34)31-19-7-4-14(12-28-19)23(25,26)27/h4-7,11-12,18,29H,2-3,8-10,13H2,1H3,(H2,28,30,31,34). The molecular formula is C23H25F4N5O4S. The summed E-state index contributed by atoms with van der Waals surface area (Å²) in [5.41, 5.74) is -0.912. The van der Waals surface area contributed by atoms with Gasteiger partial charge >= 0.3 is 12.2 Å². The fourth-order valence-electron chi connectivity index (χ4n) is 4.28. The number of nitrogens with zero attached hydrogens (tertiary/aromatic N) is 2. The van der Waals surface area contributed by atoms with Gasteiger partial charge in [0, 0.05) is 30.4 Å². The van der Waals surface area contributed by atoms with Gasteiger partial charge in [-0.3, -0.25) is 10.1 Å². The van der Waals surface area contributed by atoms with Gasteiger partial charge in [0.25, 0.3) is 0 Å². The van der Waals surface area contributed by atoms with Gasteiger partial charge < -0.3 is 10.2 Å². The summed E-state index contributed by atoms with van der Waals surface area (Å²) in [6, 6.07) is 4.39. The Balaban J connectivity index is 1.40. The van der Waals surface area contributed by atoms with Gasteiger partial charge in [-0.1, -0.05) is 6.07 Å². The van der Waals surface area contributed by atoms with Gasteiger partial charge in [-0.25, -0.2) is 27.3 Å². The molecule has 1 saturated carbocycles. The van der Waals surface area contributed by atoms with Crippen LogP contribution < -0.4 is 20.3 Å². The van der Waals surface area contributed by atoms with Crippen LogP contribution in [0.3, 0.4) is 0 Å². The van der Waals surface area contributed by atoms with E-state index in [9.17, 15) is 31.2 Å². The molecule has 1 aromatic carbocycles. The van der Waals surface area contributed by atoms with E-state index in [1.807, 2.05) is 0 Å². The van der Waals surface area contributed by atoms with Crippen LogP contribution in [0.1, 0.15) is 36.8 Å². The smallest absolute Gasteiger partial charge is 0.326 e. The molecule has 14 heteroatoms. The minimum absolute atomic E-state index is 0.0830. The number of sulfonamides is 1. The van der Waals surface area contributed by atoms with Crippen molar-refractivity contribution in [3.63, 3.8) is 0 Å². The average Bonchev–Trinajstić information content (AvgIpc) is 3.59. The summed E-state index contributed by atoms with van der Waals surface area (Å²) in [4.78, 5) is 30.3. The molecule has 3 amide bonds. The lowest BCUT2D eigenvalue weighted by atomic mass is 9.94. The first-order valence-corrected chi connectivity index (χ1v) is 13.3. The van der Waals surface area contributed by atoms with E-state index in [1.54, 1.807) is 12.1 Å². The van der Waals surface area contributed by atoms with Gasteiger partial charge in [-0.2, -0.15) is 13.2 Å². The molecule has 3 N–H and O–H groups in total. The van der Waals surface area contributed by atoms with Crippen LogP contribution in [-0.4, -0.2) is 50.7 Å². The third kappa shape index (κ3) is 6.36. The van der Waals surface area contributed by atoms with Crippen molar-refractivity contribution in [3.05, 3.63) is 53.5 Å². The van der Waals surface area contributed by atoms with Crippen LogP contribution in [0.25, 0.3) is 0 Å². The number of piperidine rings is 1. The Kier molecular flexibility index (Phi) is 7.16. The molecule has 4 rings (SSSR count). The van der Waals surface area contributed by atoms with E-state index >= 15 is 4.39 Å². The number of aromatic nitrogens is 1. The summed E-state index contributed by atoms with van der Waals surface area (Å²) in [6.07, 6.45) is -0.840. The summed E-state index contributed by atoms with van der Waals surface area (Å²) in [5, 5.41) is 4.79. The third-order valence-corrected chi connectivity index (χ3v) is 7.11. The number of carbonyl (C=O) groups is 2. The largest absolute Gasteiger partial charge is 0.417 e. The van der Waals surface area contributed by atoms with E-state index in [-0.39, 0.29) is 12.4 Å². The first-order chi connectivity index (χ1) is 17.3. The Morgan fingerprint density at radius 3 is 2.51 bits per heavy atom. The minimum Gasteiger partial charge on any atom is -0.326 e. The Hall–Kier alpha value is -3.26. The van der Waals surface area contributed by atoms with E-state index in [0.717, 1.165) is 18.4 Å². The van der Waals surface area contributed by atoms with E-state index in [1.165, 1.54) is 11.0 Å². The van der Waals surface area contributed by atoms with Crippen LogP contribution in [0.2, 0.25) is 0 Å². The van der Waals surface area contributed by atoms with Crippen molar-refractivity contribution >= 4 is 33.5 Å². The predicted octanol–water partition coefficient (Wildman–Crippen LogP) is 3.14. The molecule has 2 fully saturated rings.